The molecule has 1 aromatic rings. The number of ether oxygens (including phenoxy) is 2. The number of rotatable bonds is 5. The van der Waals surface area contributed by atoms with Crippen molar-refractivity contribution < 1.29 is 14.3 Å². The van der Waals surface area contributed by atoms with Crippen molar-refractivity contribution in [2.45, 2.75) is 13.0 Å². The average molecular weight is 209 g/mol. The first-order chi connectivity index (χ1) is 7.22. The first-order valence-electron chi connectivity index (χ1n) is 4.77. The number of carbonyl (C=O) groups is 1. The number of esters is 1. The van der Waals surface area contributed by atoms with Crippen LogP contribution in [-0.4, -0.2) is 25.2 Å². The van der Waals surface area contributed by atoms with E-state index in [1.807, 2.05) is 30.3 Å². The molecule has 82 valence electrons. The summed E-state index contributed by atoms with van der Waals surface area (Å²) in [4.78, 5) is 10.7. The second-order valence-corrected chi connectivity index (χ2v) is 3.09. The topological polar surface area (TPSA) is 61.5 Å². The molecule has 0 bridgehead atoms. The van der Waals surface area contributed by atoms with Crippen molar-refractivity contribution in [3.63, 3.8) is 0 Å². The van der Waals surface area contributed by atoms with E-state index in [0.29, 0.717) is 0 Å². The Balaban J connectivity index is 2.37. The minimum atomic E-state index is -0.386. The van der Waals surface area contributed by atoms with Crippen molar-refractivity contribution in [2.75, 3.05) is 13.2 Å². The Bertz CT molecular complexity index is 300. The fourth-order valence-electron chi connectivity index (χ4n) is 1.09. The molecule has 0 aromatic heterocycles. The minimum absolute atomic E-state index is 0.256. The number of carbonyl (C=O) groups excluding carboxylic acids is 1. The molecule has 1 atom stereocenters. The maximum atomic E-state index is 10.7. The highest BCUT2D eigenvalue weighted by atomic mass is 16.6. The fourth-order valence-corrected chi connectivity index (χ4v) is 1.09. The number of para-hydroxylation sites is 1. The molecule has 0 saturated carbocycles. The largest absolute Gasteiger partial charge is 0.490 e. The summed E-state index contributed by atoms with van der Waals surface area (Å²) >= 11 is 0. The van der Waals surface area contributed by atoms with E-state index in [1.165, 1.54) is 6.92 Å². The van der Waals surface area contributed by atoms with E-state index in [4.69, 9.17) is 15.2 Å². The van der Waals surface area contributed by atoms with Gasteiger partial charge in [-0.3, -0.25) is 4.79 Å². The van der Waals surface area contributed by atoms with Gasteiger partial charge in [-0.25, -0.2) is 0 Å². The summed E-state index contributed by atoms with van der Waals surface area (Å²) in [5.74, 6) is 0.394. The van der Waals surface area contributed by atoms with Gasteiger partial charge in [0.05, 0.1) is 0 Å². The molecule has 0 aliphatic heterocycles. The van der Waals surface area contributed by atoms with Gasteiger partial charge in [-0.1, -0.05) is 18.2 Å². The van der Waals surface area contributed by atoms with Crippen molar-refractivity contribution in [3.05, 3.63) is 30.3 Å². The molecule has 4 nitrogen and oxygen atoms in total. The molecule has 0 radical (unpaired) electrons. The molecule has 15 heavy (non-hydrogen) atoms. The summed E-state index contributed by atoms with van der Waals surface area (Å²) < 4.78 is 10.3. The van der Waals surface area contributed by atoms with Gasteiger partial charge in [-0.15, -0.1) is 0 Å². The van der Waals surface area contributed by atoms with E-state index in [-0.39, 0.29) is 25.2 Å². The summed E-state index contributed by atoms with van der Waals surface area (Å²) in [6.45, 7) is 1.89. The van der Waals surface area contributed by atoms with E-state index in [0.717, 1.165) is 5.75 Å². The molecule has 2 N–H and O–H groups in total. The first kappa shape index (κ1) is 11.5. The van der Waals surface area contributed by atoms with Gasteiger partial charge in [0.15, 0.2) is 0 Å². The van der Waals surface area contributed by atoms with Crippen LogP contribution >= 0.6 is 0 Å². The van der Waals surface area contributed by atoms with Crippen LogP contribution in [0.3, 0.4) is 0 Å². The van der Waals surface area contributed by atoms with Gasteiger partial charge >= 0.3 is 5.97 Å². The number of benzene rings is 1. The lowest BCUT2D eigenvalue weighted by atomic mass is 10.3. The number of nitrogens with two attached hydrogens (primary N) is 1. The molecular formula is C11H15NO3. The zero-order valence-corrected chi connectivity index (χ0v) is 8.68. The van der Waals surface area contributed by atoms with Crippen LogP contribution in [0.15, 0.2) is 30.3 Å². The molecule has 0 saturated heterocycles. The van der Waals surface area contributed by atoms with Gasteiger partial charge in [0.25, 0.3) is 0 Å². The van der Waals surface area contributed by atoms with E-state index < -0.39 is 0 Å². The molecule has 0 amide bonds. The van der Waals surface area contributed by atoms with Crippen molar-refractivity contribution in [1.82, 2.24) is 0 Å². The smallest absolute Gasteiger partial charge is 0.303 e. The molecular weight excluding hydrogens is 194 g/mol. The number of hydrogen-bond donors (Lipinski definition) is 1. The Hall–Kier alpha value is -1.55. The van der Waals surface area contributed by atoms with Crippen LogP contribution in [0.5, 0.6) is 5.75 Å². The van der Waals surface area contributed by atoms with Crippen LogP contribution in [0.2, 0.25) is 0 Å². The predicted octanol–water partition coefficient (Wildman–Crippen LogP) is 0.956. The number of hydrogen-bond acceptors (Lipinski definition) is 4. The summed E-state index contributed by atoms with van der Waals surface area (Å²) in [7, 11) is 0. The highest BCUT2D eigenvalue weighted by molar-refractivity contribution is 5.66. The van der Waals surface area contributed by atoms with Crippen LogP contribution in [0.1, 0.15) is 6.92 Å². The van der Waals surface area contributed by atoms with Crippen LogP contribution in [0, 0.1) is 0 Å². The van der Waals surface area contributed by atoms with Crippen molar-refractivity contribution >= 4 is 5.97 Å². The van der Waals surface area contributed by atoms with Crippen molar-refractivity contribution in [3.8, 4) is 5.75 Å². The third kappa shape index (κ3) is 4.46. The van der Waals surface area contributed by atoms with Gasteiger partial charge < -0.3 is 15.2 Å². The zero-order valence-electron chi connectivity index (χ0n) is 8.68. The maximum absolute atomic E-state index is 10.7. The monoisotopic (exact) mass is 209 g/mol. The van der Waals surface area contributed by atoms with Crippen molar-refractivity contribution in [2.24, 2.45) is 5.73 Å². The molecule has 1 aromatic carbocycles. The Kier molecular flexibility index (Phi) is 4.63. The second-order valence-electron chi connectivity index (χ2n) is 3.09. The lowest BCUT2D eigenvalue weighted by molar-refractivity contribution is -0.147. The minimum Gasteiger partial charge on any atom is -0.490 e. The SMILES string of the molecule is CC(=O)OC(CN)COc1ccccc1. The normalized spacial score (nSPS) is 11.9. The van der Waals surface area contributed by atoms with E-state index in [9.17, 15) is 4.79 Å². The Morgan fingerprint density at radius 2 is 2.07 bits per heavy atom. The molecule has 1 rings (SSSR count). The summed E-state index contributed by atoms with van der Waals surface area (Å²) in [5, 5.41) is 0. The van der Waals surface area contributed by atoms with Crippen LogP contribution in [0.25, 0.3) is 0 Å². The summed E-state index contributed by atoms with van der Waals surface area (Å²) in [6, 6.07) is 9.32. The molecule has 0 heterocycles. The maximum Gasteiger partial charge on any atom is 0.303 e. The first-order valence-corrected chi connectivity index (χ1v) is 4.77. The Morgan fingerprint density at radius 1 is 1.40 bits per heavy atom. The van der Waals surface area contributed by atoms with Crippen LogP contribution in [0.4, 0.5) is 0 Å². The van der Waals surface area contributed by atoms with Gasteiger partial charge in [0.1, 0.15) is 18.5 Å². The molecule has 0 spiro atoms. The summed E-state index contributed by atoms with van der Waals surface area (Å²) in [6.07, 6.45) is -0.386. The van der Waals surface area contributed by atoms with Gasteiger partial charge in [0.2, 0.25) is 0 Å². The highest BCUT2D eigenvalue weighted by Crippen LogP contribution is 2.08. The summed E-state index contributed by atoms with van der Waals surface area (Å²) in [5.41, 5.74) is 5.43. The van der Waals surface area contributed by atoms with Crippen molar-refractivity contribution in [1.29, 1.82) is 0 Å². The van der Waals surface area contributed by atoms with Crippen LogP contribution in [-0.2, 0) is 9.53 Å². The third-order valence-corrected chi connectivity index (χ3v) is 1.77. The average Bonchev–Trinajstić information content (AvgIpc) is 2.25. The molecule has 0 fully saturated rings. The standard InChI is InChI=1S/C11H15NO3/c1-9(13)15-11(7-12)8-14-10-5-3-2-4-6-10/h2-6,11H,7-8,12H2,1H3. The van der Waals surface area contributed by atoms with E-state index >= 15 is 0 Å². The third-order valence-electron chi connectivity index (χ3n) is 1.77. The molecule has 4 heteroatoms. The Labute approximate surface area is 89.0 Å². The second kappa shape index (κ2) is 6.03. The molecule has 1 unspecified atom stereocenters. The van der Waals surface area contributed by atoms with Crippen LogP contribution < -0.4 is 10.5 Å². The zero-order chi connectivity index (χ0) is 11.1. The van der Waals surface area contributed by atoms with Gasteiger partial charge in [0, 0.05) is 13.5 Å². The predicted molar refractivity (Wildman–Crippen MR) is 56.5 cm³/mol. The quantitative estimate of drug-likeness (QED) is 0.733. The fraction of sp³-hybridized carbons (Fsp3) is 0.364. The van der Waals surface area contributed by atoms with Gasteiger partial charge in [-0.05, 0) is 12.1 Å². The molecule has 0 aliphatic rings. The van der Waals surface area contributed by atoms with E-state index in [1.54, 1.807) is 0 Å². The van der Waals surface area contributed by atoms with Gasteiger partial charge in [-0.2, -0.15) is 0 Å². The van der Waals surface area contributed by atoms with E-state index in [2.05, 4.69) is 0 Å². The molecule has 0 aliphatic carbocycles. The Morgan fingerprint density at radius 3 is 2.60 bits per heavy atom. The lowest BCUT2D eigenvalue weighted by Gasteiger charge is -2.15. The highest BCUT2D eigenvalue weighted by Gasteiger charge is 2.10. The lowest BCUT2D eigenvalue weighted by Crippen LogP contribution is -2.31.